The van der Waals surface area contributed by atoms with E-state index in [2.05, 4.69) is 13.0 Å². The molecule has 0 bridgehead atoms. The molecule has 1 aromatic carbocycles. The highest BCUT2D eigenvalue weighted by atomic mass is 16.5. The molecule has 0 fully saturated rings. The smallest absolute Gasteiger partial charge is 0.303 e. The summed E-state index contributed by atoms with van der Waals surface area (Å²) in [6, 6.07) is 6.11. The quantitative estimate of drug-likeness (QED) is 0.826. The Balaban J connectivity index is 2.83. The third-order valence-corrected chi connectivity index (χ3v) is 2.84. The van der Waals surface area contributed by atoms with Crippen LogP contribution < -0.4 is 4.74 Å². The van der Waals surface area contributed by atoms with Crippen LogP contribution >= 0.6 is 0 Å². The number of carboxylic acid groups (broad SMARTS) is 1. The fourth-order valence-electron chi connectivity index (χ4n) is 1.96. The zero-order chi connectivity index (χ0) is 12.8. The average molecular weight is 236 g/mol. The van der Waals surface area contributed by atoms with Gasteiger partial charge in [0, 0.05) is 6.42 Å². The van der Waals surface area contributed by atoms with Crippen LogP contribution in [0.25, 0.3) is 0 Å². The molecule has 94 valence electrons. The van der Waals surface area contributed by atoms with E-state index in [9.17, 15) is 4.79 Å². The predicted octanol–water partition coefficient (Wildman–Crippen LogP) is 2.91. The Morgan fingerprint density at radius 1 is 1.47 bits per heavy atom. The number of rotatable bonds is 6. The lowest BCUT2D eigenvalue weighted by molar-refractivity contribution is -0.137. The number of aryl methyl sites for hydroxylation is 1. The molecule has 3 heteroatoms. The molecule has 0 aliphatic carbocycles. The fraction of sp³-hybridized carbons (Fsp3) is 0.500. The maximum atomic E-state index is 10.6. The van der Waals surface area contributed by atoms with E-state index in [-0.39, 0.29) is 12.3 Å². The van der Waals surface area contributed by atoms with Gasteiger partial charge in [-0.1, -0.05) is 26.0 Å². The van der Waals surface area contributed by atoms with Crippen LogP contribution in [0.4, 0.5) is 0 Å². The van der Waals surface area contributed by atoms with Gasteiger partial charge in [-0.25, -0.2) is 0 Å². The molecule has 1 unspecified atom stereocenters. The lowest BCUT2D eigenvalue weighted by atomic mass is 9.96. The van der Waals surface area contributed by atoms with Gasteiger partial charge in [0.25, 0.3) is 0 Å². The summed E-state index contributed by atoms with van der Waals surface area (Å²) < 4.78 is 5.30. The normalized spacial score (nSPS) is 12.2. The van der Waals surface area contributed by atoms with Gasteiger partial charge in [0.15, 0.2) is 0 Å². The molecule has 1 N–H and O–H groups in total. The summed E-state index contributed by atoms with van der Waals surface area (Å²) in [7, 11) is 1.65. The Morgan fingerprint density at radius 2 is 2.18 bits per heavy atom. The Kier molecular flexibility index (Phi) is 5.01. The maximum absolute atomic E-state index is 10.6. The van der Waals surface area contributed by atoms with Crippen LogP contribution in [-0.2, 0) is 17.6 Å². The van der Waals surface area contributed by atoms with Crippen molar-refractivity contribution in [1.82, 2.24) is 0 Å². The van der Waals surface area contributed by atoms with E-state index in [1.54, 1.807) is 7.11 Å². The van der Waals surface area contributed by atoms with Crippen molar-refractivity contribution in [2.45, 2.75) is 33.1 Å². The molecule has 0 heterocycles. The van der Waals surface area contributed by atoms with Gasteiger partial charge >= 0.3 is 5.97 Å². The molecular weight excluding hydrogens is 216 g/mol. The fourth-order valence-corrected chi connectivity index (χ4v) is 1.96. The van der Waals surface area contributed by atoms with Gasteiger partial charge < -0.3 is 9.84 Å². The number of carboxylic acids is 1. The number of aliphatic carboxylic acids is 1. The lowest BCUT2D eigenvalue weighted by Crippen LogP contribution is -2.08. The number of hydrogen-bond acceptors (Lipinski definition) is 2. The summed E-state index contributed by atoms with van der Waals surface area (Å²) in [6.45, 7) is 4.05. The third kappa shape index (κ3) is 4.10. The van der Waals surface area contributed by atoms with Crippen molar-refractivity contribution in [3.8, 4) is 5.75 Å². The van der Waals surface area contributed by atoms with Crippen molar-refractivity contribution in [2.75, 3.05) is 7.11 Å². The number of methoxy groups -OCH3 is 1. The summed E-state index contributed by atoms with van der Waals surface area (Å²) in [5, 5.41) is 8.76. The van der Waals surface area contributed by atoms with Gasteiger partial charge in [0.05, 0.1) is 7.11 Å². The summed E-state index contributed by atoms with van der Waals surface area (Å²) in [6.07, 6.45) is 1.91. The van der Waals surface area contributed by atoms with Crippen molar-refractivity contribution in [2.24, 2.45) is 5.92 Å². The predicted molar refractivity (Wildman–Crippen MR) is 67.5 cm³/mol. The second kappa shape index (κ2) is 6.28. The second-order valence-corrected chi connectivity index (χ2v) is 4.41. The van der Waals surface area contributed by atoms with E-state index in [0.29, 0.717) is 0 Å². The lowest BCUT2D eigenvalue weighted by Gasteiger charge is -2.13. The van der Waals surface area contributed by atoms with Gasteiger partial charge in [-0.3, -0.25) is 4.79 Å². The van der Waals surface area contributed by atoms with E-state index in [1.807, 2.05) is 19.1 Å². The van der Waals surface area contributed by atoms with Crippen LogP contribution in [0.5, 0.6) is 5.75 Å². The standard InChI is InChI=1S/C14H20O3/c1-4-11-5-6-13(17-3)12(9-11)7-10(2)8-14(15)16/h5-6,9-10H,4,7-8H2,1-3H3,(H,15,16). The first kappa shape index (κ1) is 13.6. The van der Waals surface area contributed by atoms with Crippen molar-refractivity contribution >= 4 is 5.97 Å². The number of carbonyl (C=O) groups is 1. The average Bonchev–Trinajstić information content (AvgIpc) is 2.27. The van der Waals surface area contributed by atoms with Crippen LogP contribution in [-0.4, -0.2) is 18.2 Å². The first-order valence-corrected chi connectivity index (χ1v) is 5.94. The monoisotopic (exact) mass is 236 g/mol. The van der Waals surface area contributed by atoms with Crippen LogP contribution in [0.15, 0.2) is 18.2 Å². The van der Waals surface area contributed by atoms with Crippen molar-refractivity contribution < 1.29 is 14.6 Å². The summed E-state index contributed by atoms with van der Waals surface area (Å²) >= 11 is 0. The first-order valence-electron chi connectivity index (χ1n) is 5.94. The molecule has 0 aromatic heterocycles. The molecule has 1 atom stereocenters. The Hall–Kier alpha value is -1.51. The zero-order valence-electron chi connectivity index (χ0n) is 10.7. The van der Waals surface area contributed by atoms with Gasteiger partial charge in [0.1, 0.15) is 5.75 Å². The highest BCUT2D eigenvalue weighted by Crippen LogP contribution is 2.24. The minimum Gasteiger partial charge on any atom is -0.496 e. The highest BCUT2D eigenvalue weighted by Gasteiger charge is 2.12. The minimum absolute atomic E-state index is 0.119. The Labute approximate surface area is 102 Å². The highest BCUT2D eigenvalue weighted by molar-refractivity contribution is 5.67. The van der Waals surface area contributed by atoms with Crippen LogP contribution in [0, 0.1) is 5.92 Å². The Bertz CT molecular complexity index is 385. The Morgan fingerprint density at radius 3 is 2.71 bits per heavy atom. The molecule has 17 heavy (non-hydrogen) atoms. The topological polar surface area (TPSA) is 46.5 Å². The van der Waals surface area contributed by atoms with E-state index in [1.165, 1.54) is 5.56 Å². The number of hydrogen-bond donors (Lipinski definition) is 1. The van der Waals surface area contributed by atoms with Crippen molar-refractivity contribution in [3.63, 3.8) is 0 Å². The second-order valence-electron chi connectivity index (χ2n) is 4.41. The molecular formula is C14H20O3. The van der Waals surface area contributed by atoms with Crippen molar-refractivity contribution in [1.29, 1.82) is 0 Å². The molecule has 0 aliphatic heterocycles. The van der Waals surface area contributed by atoms with Crippen LogP contribution in [0.2, 0.25) is 0 Å². The van der Waals surface area contributed by atoms with Gasteiger partial charge in [0.2, 0.25) is 0 Å². The summed E-state index contributed by atoms with van der Waals surface area (Å²) in [5.41, 5.74) is 2.35. The SMILES string of the molecule is CCc1ccc(OC)c(CC(C)CC(=O)O)c1. The van der Waals surface area contributed by atoms with Crippen LogP contribution in [0.1, 0.15) is 31.4 Å². The number of ether oxygens (including phenoxy) is 1. The molecule has 0 aliphatic rings. The maximum Gasteiger partial charge on any atom is 0.303 e. The molecule has 0 amide bonds. The van der Waals surface area contributed by atoms with E-state index >= 15 is 0 Å². The first-order chi connectivity index (χ1) is 8.06. The molecule has 1 aromatic rings. The third-order valence-electron chi connectivity index (χ3n) is 2.84. The zero-order valence-corrected chi connectivity index (χ0v) is 10.7. The van der Waals surface area contributed by atoms with Gasteiger partial charge in [-0.05, 0) is 36.0 Å². The van der Waals surface area contributed by atoms with E-state index in [4.69, 9.17) is 9.84 Å². The molecule has 0 spiro atoms. The molecule has 0 radical (unpaired) electrons. The van der Waals surface area contributed by atoms with E-state index in [0.717, 1.165) is 24.2 Å². The number of benzene rings is 1. The molecule has 0 saturated carbocycles. The van der Waals surface area contributed by atoms with Gasteiger partial charge in [-0.15, -0.1) is 0 Å². The summed E-state index contributed by atoms with van der Waals surface area (Å²) in [4.78, 5) is 10.6. The molecule has 0 saturated heterocycles. The van der Waals surface area contributed by atoms with E-state index < -0.39 is 5.97 Å². The van der Waals surface area contributed by atoms with Gasteiger partial charge in [-0.2, -0.15) is 0 Å². The summed E-state index contributed by atoms with van der Waals surface area (Å²) in [5.74, 6) is 0.219. The largest absolute Gasteiger partial charge is 0.496 e. The van der Waals surface area contributed by atoms with Crippen LogP contribution in [0.3, 0.4) is 0 Å². The minimum atomic E-state index is -0.747. The molecule has 1 rings (SSSR count). The van der Waals surface area contributed by atoms with Crippen molar-refractivity contribution in [3.05, 3.63) is 29.3 Å². The molecule has 3 nitrogen and oxygen atoms in total.